The number of hydrogen-bond donors (Lipinski definition) is 1. The predicted octanol–water partition coefficient (Wildman–Crippen LogP) is 3.08. The number of ether oxygens (including phenoxy) is 1. The van der Waals surface area contributed by atoms with Crippen molar-refractivity contribution in [2.24, 2.45) is 0 Å². The van der Waals surface area contributed by atoms with E-state index >= 15 is 0 Å². The highest BCUT2D eigenvalue weighted by Crippen LogP contribution is 2.21. The Morgan fingerprint density at radius 1 is 1.11 bits per heavy atom. The van der Waals surface area contributed by atoms with Gasteiger partial charge in [0.05, 0.1) is 6.10 Å². The Balaban J connectivity index is 1.33. The predicted molar refractivity (Wildman–Crippen MR) is 109 cm³/mol. The fourth-order valence-electron chi connectivity index (χ4n) is 3.73. The Kier molecular flexibility index (Phi) is 5.84. The van der Waals surface area contributed by atoms with Crippen LogP contribution < -0.4 is 10.2 Å². The second kappa shape index (κ2) is 8.67. The number of piperazine rings is 1. The van der Waals surface area contributed by atoms with Crippen LogP contribution in [0.3, 0.4) is 0 Å². The minimum absolute atomic E-state index is 0.401. The fraction of sp³-hybridized carbons (Fsp3) is 0.524. The summed E-state index contributed by atoms with van der Waals surface area (Å²) in [5, 5.41) is 3.33. The third-order valence-electron chi connectivity index (χ3n) is 5.45. The van der Waals surface area contributed by atoms with Gasteiger partial charge in [-0.05, 0) is 63.1 Å². The first kappa shape index (κ1) is 18.2. The molecule has 0 radical (unpaired) electrons. The first-order valence-electron chi connectivity index (χ1n) is 10.0. The van der Waals surface area contributed by atoms with Gasteiger partial charge in [-0.2, -0.15) is 0 Å². The summed E-state index contributed by atoms with van der Waals surface area (Å²) in [4.78, 5) is 13.8. The van der Waals surface area contributed by atoms with Crippen LogP contribution in [0.4, 0.5) is 17.3 Å². The van der Waals surface area contributed by atoms with Crippen LogP contribution >= 0.6 is 0 Å². The third-order valence-corrected chi connectivity index (χ3v) is 5.45. The van der Waals surface area contributed by atoms with E-state index in [1.165, 1.54) is 18.5 Å². The molecule has 0 saturated carbocycles. The Hall–Kier alpha value is -2.18. The quantitative estimate of drug-likeness (QED) is 0.847. The van der Waals surface area contributed by atoms with Gasteiger partial charge in [0.25, 0.3) is 0 Å². The number of aromatic nitrogens is 2. The van der Waals surface area contributed by atoms with Crippen molar-refractivity contribution in [1.82, 2.24) is 14.9 Å². The first-order chi connectivity index (χ1) is 13.3. The Bertz CT molecular complexity index is 722. The van der Waals surface area contributed by atoms with E-state index in [0.29, 0.717) is 12.1 Å². The van der Waals surface area contributed by atoms with E-state index < -0.39 is 0 Å². The number of aryl methyl sites for hydroxylation is 1. The lowest BCUT2D eigenvalue weighted by Gasteiger charge is -2.34. The van der Waals surface area contributed by atoms with Crippen molar-refractivity contribution < 1.29 is 4.74 Å². The minimum atomic E-state index is 0.401. The fourth-order valence-corrected chi connectivity index (χ4v) is 3.73. The Morgan fingerprint density at radius 3 is 2.67 bits per heavy atom. The summed E-state index contributed by atoms with van der Waals surface area (Å²) in [7, 11) is 2.18. The van der Waals surface area contributed by atoms with Gasteiger partial charge in [0, 0.05) is 56.1 Å². The molecule has 4 rings (SSSR count). The molecule has 1 aromatic heterocycles. The van der Waals surface area contributed by atoms with Gasteiger partial charge in [0.1, 0.15) is 0 Å². The number of nitrogens with zero attached hydrogens (tertiary/aromatic N) is 4. The van der Waals surface area contributed by atoms with E-state index in [2.05, 4.69) is 56.4 Å². The molecule has 144 valence electrons. The van der Waals surface area contributed by atoms with Crippen molar-refractivity contribution in [3.05, 3.63) is 42.2 Å². The minimum Gasteiger partial charge on any atom is -0.378 e. The molecule has 2 saturated heterocycles. The molecule has 1 N–H and O–H groups in total. The smallest absolute Gasteiger partial charge is 0.227 e. The van der Waals surface area contributed by atoms with Crippen LogP contribution in [0.25, 0.3) is 0 Å². The number of benzene rings is 1. The summed E-state index contributed by atoms with van der Waals surface area (Å²) in [5.41, 5.74) is 3.36. The number of hydrogen-bond acceptors (Lipinski definition) is 6. The molecule has 1 aromatic carbocycles. The summed E-state index contributed by atoms with van der Waals surface area (Å²) in [6.07, 6.45) is 6.57. The molecule has 0 amide bonds. The lowest BCUT2D eigenvalue weighted by atomic mass is 10.1. The molecular weight excluding hydrogens is 338 g/mol. The van der Waals surface area contributed by atoms with Crippen molar-refractivity contribution in [3.63, 3.8) is 0 Å². The summed E-state index contributed by atoms with van der Waals surface area (Å²) in [6, 6.07) is 10.6. The molecule has 0 spiro atoms. The molecule has 0 aliphatic carbocycles. The van der Waals surface area contributed by atoms with Crippen LogP contribution in [-0.4, -0.2) is 60.8 Å². The van der Waals surface area contributed by atoms with Gasteiger partial charge >= 0.3 is 0 Å². The largest absolute Gasteiger partial charge is 0.378 e. The van der Waals surface area contributed by atoms with E-state index in [4.69, 9.17) is 4.74 Å². The molecule has 1 atom stereocenters. The Labute approximate surface area is 161 Å². The van der Waals surface area contributed by atoms with E-state index in [0.717, 1.165) is 57.0 Å². The zero-order valence-electron chi connectivity index (χ0n) is 16.1. The molecular formula is C21H29N5O. The van der Waals surface area contributed by atoms with E-state index in [1.807, 2.05) is 12.3 Å². The van der Waals surface area contributed by atoms with Crippen LogP contribution in [0.1, 0.15) is 25.0 Å². The normalized spacial score (nSPS) is 20.8. The van der Waals surface area contributed by atoms with Crippen LogP contribution in [0.2, 0.25) is 0 Å². The maximum Gasteiger partial charge on any atom is 0.227 e. The summed E-state index contributed by atoms with van der Waals surface area (Å²) in [5.74, 6) is 0.659. The molecule has 27 heavy (non-hydrogen) atoms. The Morgan fingerprint density at radius 2 is 1.93 bits per heavy atom. The van der Waals surface area contributed by atoms with E-state index in [-0.39, 0.29) is 0 Å². The summed E-state index contributed by atoms with van der Waals surface area (Å²) >= 11 is 0. The average molecular weight is 367 g/mol. The number of anilines is 3. The van der Waals surface area contributed by atoms with Gasteiger partial charge in [-0.15, -0.1) is 0 Å². The second-order valence-corrected chi connectivity index (χ2v) is 7.51. The number of likely N-dealkylation sites (N-methyl/N-ethyl adjacent to an activating group) is 1. The van der Waals surface area contributed by atoms with Gasteiger partial charge in [-0.25, -0.2) is 9.97 Å². The highest BCUT2D eigenvalue weighted by Gasteiger charge is 2.16. The van der Waals surface area contributed by atoms with Crippen LogP contribution in [0.5, 0.6) is 0 Å². The van der Waals surface area contributed by atoms with E-state index in [1.54, 1.807) is 0 Å². The van der Waals surface area contributed by atoms with E-state index in [9.17, 15) is 0 Å². The number of nitrogens with one attached hydrogen (secondary N) is 1. The second-order valence-electron chi connectivity index (χ2n) is 7.51. The topological polar surface area (TPSA) is 53.5 Å². The zero-order valence-corrected chi connectivity index (χ0v) is 16.1. The average Bonchev–Trinajstić information content (AvgIpc) is 3.22. The summed E-state index contributed by atoms with van der Waals surface area (Å²) in [6.45, 7) is 5.31. The van der Waals surface area contributed by atoms with Gasteiger partial charge < -0.3 is 19.9 Å². The van der Waals surface area contributed by atoms with Crippen LogP contribution in [-0.2, 0) is 11.2 Å². The lowest BCUT2D eigenvalue weighted by Crippen LogP contribution is -2.44. The van der Waals surface area contributed by atoms with Crippen LogP contribution in [0.15, 0.2) is 36.5 Å². The van der Waals surface area contributed by atoms with Crippen LogP contribution in [0, 0.1) is 0 Å². The third kappa shape index (κ3) is 4.96. The monoisotopic (exact) mass is 367 g/mol. The molecule has 6 heteroatoms. The molecule has 2 aliphatic rings. The summed E-state index contributed by atoms with van der Waals surface area (Å²) < 4.78 is 5.70. The molecule has 2 fully saturated rings. The van der Waals surface area contributed by atoms with Crippen molar-refractivity contribution >= 4 is 17.3 Å². The highest BCUT2D eigenvalue weighted by molar-refractivity contribution is 5.59. The molecule has 2 aromatic rings. The highest BCUT2D eigenvalue weighted by atomic mass is 16.5. The SMILES string of the molecule is CN1CCN(c2ccc(Nc3nccc(CCC4CCCO4)n3)cc2)CC1. The molecule has 3 heterocycles. The maximum atomic E-state index is 5.70. The van der Waals surface area contributed by atoms with Crippen molar-refractivity contribution in [1.29, 1.82) is 0 Å². The van der Waals surface area contributed by atoms with Gasteiger partial charge in [-0.3, -0.25) is 0 Å². The molecule has 1 unspecified atom stereocenters. The number of rotatable bonds is 6. The van der Waals surface area contributed by atoms with Crippen molar-refractivity contribution in [2.75, 3.05) is 50.1 Å². The van der Waals surface area contributed by atoms with Gasteiger partial charge in [-0.1, -0.05) is 0 Å². The van der Waals surface area contributed by atoms with Gasteiger partial charge in [0.15, 0.2) is 0 Å². The zero-order chi connectivity index (χ0) is 18.5. The molecule has 2 aliphatic heterocycles. The standard InChI is InChI=1S/C21H29N5O/c1-25-12-14-26(15-13-25)19-7-4-17(5-8-19)23-21-22-11-10-18(24-21)6-9-20-3-2-16-27-20/h4-5,7-8,10-11,20H,2-3,6,9,12-16H2,1H3,(H,22,23,24). The van der Waals surface area contributed by atoms with Crippen molar-refractivity contribution in [2.45, 2.75) is 31.8 Å². The first-order valence-corrected chi connectivity index (χ1v) is 10.0. The van der Waals surface area contributed by atoms with Gasteiger partial charge in [0.2, 0.25) is 5.95 Å². The molecule has 6 nitrogen and oxygen atoms in total. The maximum absolute atomic E-state index is 5.70. The molecule has 0 bridgehead atoms. The van der Waals surface area contributed by atoms with Crippen molar-refractivity contribution in [3.8, 4) is 0 Å². The lowest BCUT2D eigenvalue weighted by molar-refractivity contribution is 0.104.